The standard InChI is InChI=1S/C18H28N6O7/c1-20-8-3-2-4-15(18(19)26)22-17(25)7-10-31-11-9-21-14-6-5-13(23(27)28)12-16(14)24(29)30/h5-6,12,15,20-21H,2-4,7-11H2,1H3,(H2,19,26)(H,22,25). The van der Waals surface area contributed by atoms with E-state index >= 15 is 0 Å². The van der Waals surface area contributed by atoms with Crippen molar-refractivity contribution in [3.05, 3.63) is 38.4 Å². The molecule has 1 aromatic carbocycles. The van der Waals surface area contributed by atoms with E-state index in [1.807, 2.05) is 7.05 Å². The first kappa shape index (κ1) is 25.7. The van der Waals surface area contributed by atoms with E-state index in [1.165, 1.54) is 6.07 Å². The summed E-state index contributed by atoms with van der Waals surface area (Å²) in [6.45, 7) is 1.23. The van der Waals surface area contributed by atoms with Crippen LogP contribution in [-0.2, 0) is 14.3 Å². The summed E-state index contributed by atoms with van der Waals surface area (Å²) >= 11 is 0. The Labute approximate surface area is 179 Å². The number of amides is 2. The van der Waals surface area contributed by atoms with Crippen LogP contribution >= 0.6 is 0 Å². The third-order valence-corrected chi connectivity index (χ3v) is 4.27. The number of nitrogens with two attached hydrogens (primary N) is 1. The summed E-state index contributed by atoms with van der Waals surface area (Å²) in [6.07, 6.45) is 2.09. The molecule has 0 aliphatic rings. The first-order valence-corrected chi connectivity index (χ1v) is 9.74. The average molecular weight is 440 g/mol. The number of hydrogen-bond donors (Lipinski definition) is 4. The highest BCUT2D eigenvalue weighted by Crippen LogP contribution is 2.28. The van der Waals surface area contributed by atoms with Gasteiger partial charge in [-0.25, -0.2) is 0 Å². The molecule has 0 bridgehead atoms. The molecule has 1 rings (SSSR count). The molecule has 13 nitrogen and oxygen atoms in total. The number of non-ortho nitro benzene ring substituents is 1. The Morgan fingerprint density at radius 2 is 1.87 bits per heavy atom. The van der Waals surface area contributed by atoms with Crippen molar-refractivity contribution in [2.75, 3.05) is 38.7 Å². The number of carbonyl (C=O) groups is 2. The fourth-order valence-corrected chi connectivity index (χ4v) is 2.66. The number of nitrogens with one attached hydrogen (secondary N) is 3. The number of benzene rings is 1. The smallest absolute Gasteiger partial charge is 0.299 e. The number of rotatable bonds is 16. The van der Waals surface area contributed by atoms with Gasteiger partial charge in [0.1, 0.15) is 11.7 Å². The Kier molecular flexibility index (Phi) is 11.5. The van der Waals surface area contributed by atoms with Gasteiger partial charge in [0.05, 0.1) is 29.1 Å². The topological polar surface area (TPSA) is 192 Å². The third-order valence-electron chi connectivity index (χ3n) is 4.27. The van der Waals surface area contributed by atoms with Gasteiger partial charge in [-0.2, -0.15) is 0 Å². The number of unbranched alkanes of at least 4 members (excludes halogenated alkanes) is 1. The van der Waals surface area contributed by atoms with Crippen molar-refractivity contribution in [1.82, 2.24) is 10.6 Å². The summed E-state index contributed by atoms with van der Waals surface area (Å²) in [4.78, 5) is 43.8. The number of nitro benzene ring substituents is 2. The highest BCUT2D eigenvalue weighted by atomic mass is 16.6. The first-order valence-electron chi connectivity index (χ1n) is 9.74. The summed E-state index contributed by atoms with van der Waals surface area (Å²) in [5.41, 5.74) is 4.64. The van der Waals surface area contributed by atoms with Crippen molar-refractivity contribution in [3.8, 4) is 0 Å². The molecule has 0 saturated heterocycles. The minimum absolute atomic E-state index is 0.0258. The monoisotopic (exact) mass is 440 g/mol. The lowest BCUT2D eigenvalue weighted by Gasteiger charge is -2.15. The molecule has 0 aliphatic carbocycles. The van der Waals surface area contributed by atoms with Crippen molar-refractivity contribution >= 4 is 28.9 Å². The van der Waals surface area contributed by atoms with E-state index < -0.39 is 27.5 Å². The number of nitrogens with zero attached hydrogens (tertiary/aromatic N) is 2. The Morgan fingerprint density at radius 1 is 1.13 bits per heavy atom. The van der Waals surface area contributed by atoms with E-state index in [4.69, 9.17) is 10.5 Å². The molecule has 172 valence electrons. The number of anilines is 1. The summed E-state index contributed by atoms with van der Waals surface area (Å²) in [6, 6.07) is 2.56. The van der Waals surface area contributed by atoms with Crippen LogP contribution < -0.4 is 21.7 Å². The average Bonchev–Trinajstić information content (AvgIpc) is 2.72. The number of hydrogen-bond acceptors (Lipinski definition) is 9. The Hall–Kier alpha value is -3.32. The fraction of sp³-hybridized carbons (Fsp3) is 0.556. The lowest BCUT2D eigenvalue weighted by Crippen LogP contribution is -2.44. The van der Waals surface area contributed by atoms with Gasteiger partial charge in [-0.05, 0) is 38.9 Å². The minimum atomic E-state index is -0.728. The van der Waals surface area contributed by atoms with Gasteiger partial charge < -0.3 is 26.4 Å². The van der Waals surface area contributed by atoms with Crippen LogP contribution in [0.1, 0.15) is 25.7 Å². The quantitative estimate of drug-likeness (QED) is 0.162. The van der Waals surface area contributed by atoms with Crippen molar-refractivity contribution in [1.29, 1.82) is 0 Å². The zero-order valence-electron chi connectivity index (χ0n) is 17.3. The summed E-state index contributed by atoms with van der Waals surface area (Å²) in [7, 11) is 1.83. The normalized spacial score (nSPS) is 11.5. The van der Waals surface area contributed by atoms with Gasteiger partial charge in [0.15, 0.2) is 0 Å². The largest absolute Gasteiger partial charge is 0.379 e. The molecule has 1 atom stereocenters. The maximum Gasteiger partial charge on any atom is 0.299 e. The molecular weight excluding hydrogens is 412 g/mol. The minimum Gasteiger partial charge on any atom is -0.379 e. The van der Waals surface area contributed by atoms with Crippen LogP contribution in [0.5, 0.6) is 0 Å². The molecule has 1 unspecified atom stereocenters. The van der Waals surface area contributed by atoms with E-state index in [-0.39, 0.29) is 43.5 Å². The van der Waals surface area contributed by atoms with Gasteiger partial charge in [-0.3, -0.25) is 29.8 Å². The lowest BCUT2D eigenvalue weighted by atomic mass is 10.1. The van der Waals surface area contributed by atoms with E-state index in [1.54, 1.807) is 0 Å². The van der Waals surface area contributed by atoms with Crippen LogP contribution in [0.25, 0.3) is 0 Å². The highest BCUT2D eigenvalue weighted by molar-refractivity contribution is 5.86. The molecule has 0 heterocycles. The van der Waals surface area contributed by atoms with Crippen molar-refractivity contribution in [2.45, 2.75) is 31.7 Å². The lowest BCUT2D eigenvalue weighted by molar-refractivity contribution is -0.393. The molecule has 1 aromatic rings. The predicted molar refractivity (Wildman–Crippen MR) is 113 cm³/mol. The summed E-state index contributed by atoms with van der Waals surface area (Å²) in [5, 5.41) is 30.2. The second kappa shape index (κ2) is 13.8. The third kappa shape index (κ3) is 9.82. The van der Waals surface area contributed by atoms with E-state index in [9.17, 15) is 29.8 Å². The molecule has 0 fully saturated rings. The van der Waals surface area contributed by atoms with Crippen molar-refractivity contribution in [2.24, 2.45) is 5.73 Å². The van der Waals surface area contributed by atoms with Gasteiger partial charge in [0.2, 0.25) is 11.8 Å². The molecule has 2 amide bonds. The van der Waals surface area contributed by atoms with Crippen LogP contribution in [0.15, 0.2) is 18.2 Å². The molecule has 0 spiro atoms. The molecule has 31 heavy (non-hydrogen) atoms. The highest BCUT2D eigenvalue weighted by Gasteiger charge is 2.19. The van der Waals surface area contributed by atoms with Gasteiger partial charge in [-0.15, -0.1) is 0 Å². The Morgan fingerprint density at radius 3 is 2.48 bits per heavy atom. The molecule has 5 N–H and O–H groups in total. The second-order valence-corrected chi connectivity index (χ2v) is 6.63. The fourth-order valence-electron chi connectivity index (χ4n) is 2.66. The Bertz CT molecular complexity index is 774. The maximum atomic E-state index is 12.0. The van der Waals surface area contributed by atoms with E-state index in [2.05, 4.69) is 16.0 Å². The molecular formula is C18H28N6O7. The number of carbonyl (C=O) groups excluding carboxylic acids is 2. The van der Waals surface area contributed by atoms with Gasteiger partial charge in [-0.1, -0.05) is 0 Å². The van der Waals surface area contributed by atoms with E-state index in [0.717, 1.165) is 31.5 Å². The Balaban J connectivity index is 2.34. The molecule has 0 aromatic heterocycles. The van der Waals surface area contributed by atoms with Gasteiger partial charge in [0, 0.05) is 19.0 Å². The second-order valence-electron chi connectivity index (χ2n) is 6.63. The number of nitro groups is 2. The molecule has 0 aliphatic heterocycles. The molecule has 13 heteroatoms. The van der Waals surface area contributed by atoms with Crippen molar-refractivity contribution < 1.29 is 24.2 Å². The number of primary amides is 1. The van der Waals surface area contributed by atoms with E-state index in [0.29, 0.717) is 6.42 Å². The van der Waals surface area contributed by atoms with Crippen molar-refractivity contribution in [3.63, 3.8) is 0 Å². The zero-order valence-corrected chi connectivity index (χ0v) is 17.3. The zero-order chi connectivity index (χ0) is 23.2. The van der Waals surface area contributed by atoms with Gasteiger partial charge in [0.25, 0.3) is 11.4 Å². The van der Waals surface area contributed by atoms with Crippen LogP contribution in [0.3, 0.4) is 0 Å². The summed E-state index contributed by atoms with van der Waals surface area (Å²) < 4.78 is 5.32. The predicted octanol–water partition coefficient (Wildman–Crippen LogP) is 0.681. The molecule has 0 radical (unpaired) electrons. The van der Waals surface area contributed by atoms with Crippen LogP contribution in [-0.4, -0.2) is 61.1 Å². The maximum absolute atomic E-state index is 12.0. The van der Waals surface area contributed by atoms with Crippen LogP contribution in [0.4, 0.5) is 17.1 Å². The number of ether oxygens (including phenoxy) is 1. The SMILES string of the molecule is CNCCCCC(NC(=O)CCOCCNc1ccc([N+](=O)[O-])cc1[N+](=O)[O-])C(N)=O. The van der Waals surface area contributed by atoms with Crippen LogP contribution in [0, 0.1) is 20.2 Å². The summed E-state index contributed by atoms with van der Waals surface area (Å²) in [5.74, 6) is -0.955. The first-order chi connectivity index (χ1) is 14.8. The van der Waals surface area contributed by atoms with Gasteiger partial charge >= 0.3 is 0 Å². The van der Waals surface area contributed by atoms with Crippen LogP contribution in [0.2, 0.25) is 0 Å². The molecule has 0 saturated carbocycles.